The van der Waals surface area contributed by atoms with Crippen LogP contribution in [0.5, 0.6) is 11.5 Å². The van der Waals surface area contributed by atoms with Gasteiger partial charge in [0, 0.05) is 17.4 Å². The van der Waals surface area contributed by atoms with Crippen LogP contribution in [0.3, 0.4) is 0 Å². The molecule has 110 valence electrons. The number of carbonyl (C=O) groups excluding carboxylic acids is 1. The van der Waals surface area contributed by atoms with Crippen molar-refractivity contribution in [1.29, 1.82) is 0 Å². The van der Waals surface area contributed by atoms with Crippen LogP contribution in [-0.2, 0) is 0 Å². The van der Waals surface area contributed by atoms with Gasteiger partial charge in [-0.3, -0.25) is 0 Å². The summed E-state index contributed by atoms with van der Waals surface area (Å²) in [5, 5.41) is 14.9. The molecule has 0 unspecified atom stereocenters. The Balaban J connectivity index is 1.97. The van der Waals surface area contributed by atoms with Gasteiger partial charge in [-0.2, -0.15) is 0 Å². The predicted molar refractivity (Wildman–Crippen MR) is 83.1 cm³/mol. The third-order valence-electron chi connectivity index (χ3n) is 2.74. The van der Waals surface area contributed by atoms with Gasteiger partial charge in [0.2, 0.25) is 0 Å². The minimum Gasteiger partial charge on any atom is -0.508 e. The fourth-order valence-corrected chi connectivity index (χ4v) is 1.93. The molecule has 2 rings (SSSR count). The molecule has 0 heterocycles. The first-order valence-corrected chi connectivity index (χ1v) is 6.68. The predicted octanol–water partition coefficient (Wildman–Crippen LogP) is 3.74. The van der Waals surface area contributed by atoms with E-state index in [1.807, 2.05) is 13.8 Å². The van der Waals surface area contributed by atoms with Crippen molar-refractivity contribution in [3.8, 4) is 11.5 Å². The Hall–Kier alpha value is -2.69. The normalized spacial score (nSPS) is 10.0. The molecule has 2 aromatic carbocycles. The van der Waals surface area contributed by atoms with E-state index in [2.05, 4.69) is 10.6 Å². The second-order valence-corrected chi connectivity index (χ2v) is 4.59. The quantitative estimate of drug-likeness (QED) is 0.801. The van der Waals surface area contributed by atoms with Crippen LogP contribution >= 0.6 is 0 Å². The Bertz CT molecular complexity index is 604. The van der Waals surface area contributed by atoms with Crippen molar-refractivity contribution in [2.24, 2.45) is 0 Å². The number of amides is 2. The smallest absolute Gasteiger partial charge is 0.323 e. The number of aryl methyl sites for hydroxylation is 1. The number of urea groups is 1. The highest BCUT2D eigenvalue weighted by Gasteiger charge is 2.04. The maximum absolute atomic E-state index is 11.9. The number of carbonyl (C=O) groups is 1. The molecular weight excluding hydrogens is 268 g/mol. The van der Waals surface area contributed by atoms with Gasteiger partial charge in [-0.1, -0.05) is 0 Å². The summed E-state index contributed by atoms with van der Waals surface area (Å²) < 4.78 is 5.33. The lowest BCUT2D eigenvalue weighted by molar-refractivity contribution is 0.262. The van der Waals surface area contributed by atoms with Crippen molar-refractivity contribution in [2.75, 3.05) is 17.2 Å². The van der Waals surface area contributed by atoms with Crippen LogP contribution < -0.4 is 15.4 Å². The Morgan fingerprint density at radius 1 is 1.10 bits per heavy atom. The van der Waals surface area contributed by atoms with E-state index in [9.17, 15) is 9.90 Å². The molecule has 21 heavy (non-hydrogen) atoms. The first kappa shape index (κ1) is 14.7. The minimum absolute atomic E-state index is 0.117. The van der Waals surface area contributed by atoms with Gasteiger partial charge in [-0.15, -0.1) is 0 Å². The van der Waals surface area contributed by atoms with Crippen LogP contribution in [0.1, 0.15) is 12.5 Å². The number of hydrogen-bond acceptors (Lipinski definition) is 3. The van der Waals surface area contributed by atoms with Gasteiger partial charge < -0.3 is 20.5 Å². The molecule has 0 aromatic heterocycles. The summed E-state index contributed by atoms with van der Waals surface area (Å²) in [6.45, 7) is 4.36. The molecule has 5 nitrogen and oxygen atoms in total. The summed E-state index contributed by atoms with van der Waals surface area (Å²) in [6.07, 6.45) is 0. The van der Waals surface area contributed by atoms with Gasteiger partial charge in [0.25, 0.3) is 0 Å². The summed E-state index contributed by atoms with van der Waals surface area (Å²) in [6, 6.07) is 11.6. The molecule has 0 bridgehead atoms. The highest BCUT2D eigenvalue weighted by molar-refractivity contribution is 5.99. The summed E-state index contributed by atoms with van der Waals surface area (Å²) in [7, 11) is 0. The van der Waals surface area contributed by atoms with Gasteiger partial charge in [0.05, 0.1) is 6.61 Å². The van der Waals surface area contributed by atoms with E-state index in [1.54, 1.807) is 36.4 Å². The first-order chi connectivity index (χ1) is 10.1. The van der Waals surface area contributed by atoms with Crippen molar-refractivity contribution in [3.05, 3.63) is 48.0 Å². The third kappa shape index (κ3) is 4.42. The molecule has 3 N–H and O–H groups in total. The minimum atomic E-state index is -0.371. The van der Waals surface area contributed by atoms with Crippen LogP contribution in [0.15, 0.2) is 42.5 Å². The summed E-state index contributed by atoms with van der Waals surface area (Å²) >= 11 is 0. The van der Waals surface area contributed by atoms with Crippen molar-refractivity contribution in [1.82, 2.24) is 0 Å². The van der Waals surface area contributed by atoms with Gasteiger partial charge in [0.1, 0.15) is 11.5 Å². The molecule has 5 heteroatoms. The SMILES string of the molecule is CCOc1ccc(NC(=O)Nc2cc(C)cc(O)c2)cc1. The summed E-state index contributed by atoms with van der Waals surface area (Å²) in [5.41, 5.74) is 2.06. The standard InChI is InChI=1S/C16H18N2O3/c1-3-21-15-6-4-12(5-7-15)17-16(20)18-13-8-11(2)9-14(19)10-13/h4-10,19H,3H2,1-2H3,(H2,17,18,20). The highest BCUT2D eigenvalue weighted by atomic mass is 16.5. The van der Waals surface area contributed by atoms with Crippen LogP contribution in [0, 0.1) is 6.92 Å². The van der Waals surface area contributed by atoms with Gasteiger partial charge in [-0.05, 0) is 55.8 Å². The number of phenolic OH excluding ortho intramolecular Hbond substituents is 1. The monoisotopic (exact) mass is 286 g/mol. The van der Waals surface area contributed by atoms with E-state index in [-0.39, 0.29) is 11.8 Å². The van der Waals surface area contributed by atoms with Gasteiger partial charge >= 0.3 is 6.03 Å². The third-order valence-corrected chi connectivity index (χ3v) is 2.74. The Kier molecular flexibility index (Phi) is 4.66. The van der Waals surface area contributed by atoms with E-state index in [4.69, 9.17) is 4.74 Å². The number of ether oxygens (including phenoxy) is 1. The van der Waals surface area contributed by atoms with Crippen molar-refractivity contribution >= 4 is 17.4 Å². The van der Waals surface area contributed by atoms with Crippen molar-refractivity contribution in [2.45, 2.75) is 13.8 Å². The number of aromatic hydroxyl groups is 1. The first-order valence-electron chi connectivity index (χ1n) is 6.68. The second kappa shape index (κ2) is 6.65. The number of benzene rings is 2. The highest BCUT2D eigenvalue weighted by Crippen LogP contribution is 2.20. The molecule has 0 aliphatic heterocycles. The van der Waals surface area contributed by atoms with Crippen LogP contribution in [0.2, 0.25) is 0 Å². The van der Waals surface area contributed by atoms with E-state index >= 15 is 0 Å². The lowest BCUT2D eigenvalue weighted by Gasteiger charge is -2.09. The number of anilines is 2. The van der Waals surface area contributed by atoms with Crippen LogP contribution in [0.4, 0.5) is 16.2 Å². The van der Waals surface area contributed by atoms with Gasteiger partial charge in [-0.25, -0.2) is 4.79 Å². The fraction of sp³-hybridized carbons (Fsp3) is 0.188. The van der Waals surface area contributed by atoms with Crippen molar-refractivity contribution in [3.63, 3.8) is 0 Å². The van der Waals surface area contributed by atoms with E-state index in [0.29, 0.717) is 18.0 Å². The second-order valence-electron chi connectivity index (χ2n) is 4.59. The Labute approximate surface area is 123 Å². The topological polar surface area (TPSA) is 70.6 Å². The Morgan fingerprint density at radius 2 is 1.76 bits per heavy atom. The maximum atomic E-state index is 11.9. The largest absolute Gasteiger partial charge is 0.508 e. The fourth-order valence-electron chi connectivity index (χ4n) is 1.93. The molecule has 0 atom stereocenters. The maximum Gasteiger partial charge on any atom is 0.323 e. The van der Waals surface area contributed by atoms with Gasteiger partial charge in [0.15, 0.2) is 0 Å². The Morgan fingerprint density at radius 3 is 2.38 bits per heavy atom. The molecule has 0 saturated carbocycles. The van der Waals surface area contributed by atoms with E-state index < -0.39 is 0 Å². The number of nitrogens with one attached hydrogen (secondary N) is 2. The molecule has 0 aliphatic carbocycles. The molecule has 0 spiro atoms. The van der Waals surface area contributed by atoms with E-state index in [0.717, 1.165) is 11.3 Å². The number of hydrogen-bond donors (Lipinski definition) is 3. The lowest BCUT2D eigenvalue weighted by Crippen LogP contribution is -2.19. The number of rotatable bonds is 4. The molecule has 0 fully saturated rings. The molecule has 2 aromatic rings. The van der Waals surface area contributed by atoms with E-state index in [1.165, 1.54) is 6.07 Å². The van der Waals surface area contributed by atoms with Crippen LogP contribution in [-0.4, -0.2) is 17.7 Å². The van der Waals surface area contributed by atoms with Crippen molar-refractivity contribution < 1.29 is 14.6 Å². The molecule has 0 radical (unpaired) electrons. The average Bonchev–Trinajstić information content (AvgIpc) is 2.40. The zero-order valence-corrected chi connectivity index (χ0v) is 12.0. The molecule has 2 amide bonds. The summed E-state index contributed by atoms with van der Waals surface area (Å²) in [5.74, 6) is 0.874. The summed E-state index contributed by atoms with van der Waals surface area (Å²) in [4.78, 5) is 11.9. The molecule has 0 saturated heterocycles. The zero-order chi connectivity index (χ0) is 15.2. The number of phenols is 1. The van der Waals surface area contributed by atoms with Crippen LogP contribution in [0.25, 0.3) is 0 Å². The average molecular weight is 286 g/mol. The zero-order valence-electron chi connectivity index (χ0n) is 12.0. The lowest BCUT2D eigenvalue weighted by atomic mass is 10.2. The molecular formula is C16H18N2O3. The molecule has 0 aliphatic rings.